The van der Waals surface area contributed by atoms with E-state index in [0.29, 0.717) is 0 Å². The molecule has 1 aromatic rings. The van der Waals surface area contributed by atoms with E-state index in [1.807, 2.05) is 0 Å². The minimum absolute atomic E-state index is 0.739. The van der Waals surface area contributed by atoms with Crippen molar-refractivity contribution in [1.29, 1.82) is 0 Å². The van der Waals surface area contributed by atoms with Crippen molar-refractivity contribution in [2.24, 2.45) is 0 Å². The molecule has 0 bridgehead atoms. The Hall–Kier alpha value is -0.470. The molecule has 1 saturated carbocycles. The topological polar surface area (TPSA) is 12.0 Å². The summed E-state index contributed by atoms with van der Waals surface area (Å²) in [5.74, 6) is 2.13. The molecule has 92 valence electrons. The van der Waals surface area contributed by atoms with Crippen molar-refractivity contribution < 1.29 is 0 Å². The molecule has 17 heavy (non-hydrogen) atoms. The second kappa shape index (κ2) is 5.03. The maximum absolute atomic E-state index is 3.87. The van der Waals surface area contributed by atoms with Crippen LogP contribution in [0.2, 0.25) is 0 Å². The molecule has 0 spiro atoms. The molecule has 0 amide bonds. The van der Waals surface area contributed by atoms with E-state index in [-0.39, 0.29) is 0 Å². The minimum Gasteiger partial charge on any atom is -0.310 e. The van der Waals surface area contributed by atoms with Crippen LogP contribution in [0.4, 0.5) is 0 Å². The average Bonchev–Trinajstić information content (AvgIpc) is 3.13. The van der Waals surface area contributed by atoms with Gasteiger partial charge in [0.15, 0.2) is 0 Å². The zero-order valence-electron chi connectivity index (χ0n) is 10.4. The molecule has 1 saturated heterocycles. The summed E-state index contributed by atoms with van der Waals surface area (Å²) in [6.07, 6.45) is 4.08. The summed E-state index contributed by atoms with van der Waals surface area (Å²) in [6, 6.07) is 12.4. The van der Waals surface area contributed by atoms with E-state index in [0.717, 1.165) is 23.3 Å². The molecule has 2 heteroatoms. The van der Waals surface area contributed by atoms with E-state index in [4.69, 9.17) is 0 Å². The Morgan fingerprint density at radius 2 is 2.00 bits per heavy atom. The largest absolute Gasteiger partial charge is 0.310 e. The average molecular weight is 247 g/mol. The zero-order valence-corrected chi connectivity index (χ0v) is 11.2. The lowest BCUT2D eigenvalue weighted by molar-refractivity contribution is 0.456. The number of benzene rings is 1. The smallest absolute Gasteiger partial charge is 0.0186 e. The molecule has 1 aromatic carbocycles. The highest BCUT2D eigenvalue weighted by molar-refractivity contribution is 7.99. The molecular formula is C15H21NS. The highest BCUT2D eigenvalue weighted by Crippen LogP contribution is 2.42. The molecule has 3 rings (SSSR count). The molecule has 1 aliphatic carbocycles. The first-order chi connectivity index (χ1) is 8.34. The molecule has 1 aliphatic heterocycles. The van der Waals surface area contributed by atoms with E-state index in [2.05, 4.69) is 54.3 Å². The first-order valence-electron chi connectivity index (χ1n) is 6.77. The lowest BCUT2D eigenvalue weighted by Crippen LogP contribution is -2.40. The second-order valence-electron chi connectivity index (χ2n) is 5.35. The summed E-state index contributed by atoms with van der Waals surface area (Å²) in [4.78, 5) is 0. The van der Waals surface area contributed by atoms with Gasteiger partial charge in [-0.3, -0.25) is 0 Å². The van der Waals surface area contributed by atoms with Gasteiger partial charge in [0.25, 0.3) is 0 Å². The van der Waals surface area contributed by atoms with E-state index < -0.39 is 0 Å². The van der Waals surface area contributed by atoms with Crippen LogP contribution in [-0.4, -0.2) is 23.1 Å². The number of hydrogen-bond acceptors (Lipinski definition) is 2. The van der Waals surface area contributed by atoms with Crippen molar-refractivity contribution in [2.75, 3.05) is 5.75 Å². The predicted molar refractivity (Wildman–Crippen MR) is 75.7 cm³/mol. The van der Waals surface area contributed by atoms with Crippen molar-refractivity contribution in [3.05, 3.63) is 35.9 Å². The molecule has 1 heterocycles. The third-order valence-corrected chi connectivity index (χ3v) is 5.43. The standard InChI is InChI=1S/C15H21NS/c1-11-14(8-5-9-17-11)16-15-10-13(15)12-6-3-2-4-7-12/h2-4,6-7,11,13-16H,5,8-10H2,1H3. The van der Waals surface area contributed by atoms with E-state index in [1.54, 1.807) is 0 Å². The fourth-order valence-corrected chi connectivity index (χ4v) is 4.02. The number of thioether (sulfide) groups is 1. The Bertz CT molecular complexity index is 364. The van der Waals surface area contributed by atoms with Gasteiger partial charge in [-0.2, -0.15) is 11.8 Å². The molecule has 0 aromatic heterocycles. The number of nitrogens with one attached hydrogen (secondary N) is 1. The van der Waals surface area contributed by atoms with Crippen molar-refractivity contribution in [1.82, 2.24) is 5.32 Å². The van der Waals surface area contributed by atoms with Crippen LogP contribution in [0, 0.1) is 0 Å². The normalized spacial score (nSPS) is 36.8. The molecule has 2 fully saturated rings. The van der Waals surface area contributed by atoms with Gasteiger partial charge >= 0.3 is 0 Å². The molecular weight excluding hydrogens is 226 g/mol. The van der Waals surface area contributed by atoms with Gasteiger partial charge < -0.3 is 5.32 Å². The molecule has 0 radical (unpaired) electrons. The summed E-state index contributed by atoms with van der Waals surface area (Å²) in [6.45, 7) is 2.38. The highest BCUT2D eigenvalue weighted by Gasteiger charge is 2.40. The fraction of sp³-hybridized carbons (Fsp3) is 0.600. The molecule has 1 N–H and O–H groups in total. The quantitative estimate of drug-likeness (QED) is 0.878. The van der Waals surface area contributed by atoms with E-state index >= 15 is 0 Å². The summed E-state index contributed by atoms with van der Waals surface area (Å²) < 4.78 is 0. The zero-order chi connectivity index (χ0) is 11.7. The molecule has 4 atom stereocenters. The Morgan fingerprint density at radius 3 is 2.76 bits per heavy atom. The van der Waals surface area contributed by atoms with Crippen LogP contribution in [0.15, 0.2) is 30.3 Å². The van der Waals surface area contributed by atoms with Gasteiger partial charge in [-0.25, -0.2) is 0 Å². The SMILES string of the molecule is CC1SCCCC1NC1CC1c1ccccc1. The molecule has 4 unspecified atom stereocenters. The van der Waals surface area contributed by atoms with E-state index in [9.17, 15) is 0 Å². The van der Waals surface area contributed by atoms with Crippen LogP contribution < -0.4 is 5.32 Å². The number of hydrogen-bond donors (Lipinski definition) is 1. The first-order valence-corrected chi connectivity index (χ1v) is 7.82. The Balaban J connectivity index is 1.55. The number of rotatable bonds is 3. The predicted octanol–water partition coefficient (Wildman–Crippen LogP) is 3.42. The van der Waals surface area contributed by atoms with Gasteiger partial charge in [-0.05, 0) is 30.6 Å². The van der Waals surface area contributed by atoms with Gasteiger partial charge in [0.1, 0.15) is 0 Å². The van der Waals surface area contributed by atoms with Crippen molar-refractivity contribution in [3.8, 4) is 0 Å². The summed E-state index contributed by atoms with van der Waals surface area (Å²) >= 11 is 2.13. The second-order valence-corrected chi connectivity index (χ2v) is 6.84. The molecule has 1 nitrogen and oxygen atoms in total. The van der Waals surface area contributed by atoms with Gasteiger partial charge in [-0.15, -0.1) is 0 Å². The monoisotopic (exact) mass is 247 g/mol. The van der Waals surface area contributed by atoms with Gasteiger partial charge in [0, 0.05) is 23.3 Å². The highest BCUT2D eigenvalue weighted by atomic mass is 32.2. The van der Waals surface area contributed by atoms with Crippen LogP contribution >= 0.6 is 11.8 Å². The summed E-state index contributed by atoms with van der Waals surface area (Å²) in [5, 5.41) is 4.66. The Morgan fingerprint density at radius 1 is 1.18 bits per heavy atom. The minimum atomic E-state index is 0.739. The van der Waals surface area contributed by atoms with Gasteiger partial charge in [-0.1, -0.05) is 37.3 Å². The van der Waals surface area contributed by atoms with Crippen LogP contribution in [0.1, 0.15) is 37.7 Å². The van der Waals surface area contributed by atoms with Crippen molar-refractivity contribution in [3.63, 3.8) is 0 Å². The van der Waals surface area contributed by atoms with Crippen LogP contribution in [0.5, 0.6) is 0 Å². The van der Waals surface area contributed by atoms with Gasteiger partial charge in [0.05, 0.1) is 0 Å². The summed E-state index contributed by atoms with van der Waals surface area (Å²) in [5.41, 5.74) is 1.51. The van der Waals surface area contributed by atoms with Crippen LogP contribution in [0.25, 0.3) is 0 Å². The van der Waals surface area contributed by atoms with E-state index in [1.165, 1.54) is 30.6 Å². The third-order valence-electron chi connectivity index (χ3n) is 4.05. The lowest BCUT2D eigenvalue weighted by atomic mass is 10.1. The lowest BCUT2D eigenvalue weighted by Gasteiger charge is -2.29. The fourth-order valence-electron chi connectivity index (χ4n) is 2.86. The van der Waals surface area contributed by atoms with Crippen molar-refractivity contribution in [2.45, 2.75) is 49.4 Å². The maximum Gasteiger partial charge on any atom is 0.0186 e. The van der Waals surface area contributed by atoms with Gasteiger partial charge in [0.2, 0.25) is 0 Å². The maximum atomic E-state index is 3.87. The molecule has 2 aliphatic rings. The Labute approximate surface area is 108 Å². The van der Waals surface area contributed by atoms with Crippen LogP contribution in [0.3, 0.4) is 0 Å². The van der Waals surface area contributed by atoms with Crippen molar-refractivity contribution >= 4 is 11.8 Å². The summed E-state index contributed by atoms with van der Waals surface area (Å²) in [7, 11) is 0. The third kappa shape index (κ3) is 2.69. The first kappa shape index (κ1) is 11.6. The van der Waals surface area contributed by atoms with Crippen LogP contribution in [-0.2, 0) is 0 Å². The Kier molecular flexibility index (Phi) is 3.44.